The number of aliphatic hydroxyl groups is 1. The summed E-state index contributed by atoms with van der Waals surface area (Å²) in [6.07, 6.45) is 13.6. The van der Waals surface area contributed by atoms with Gasteiger partial charge in [-0.3, -0.25) is 4.79 Å². The van der Waals surface area contributed by atoms with Crippen molar-refractivity contribution in [3.63, 3.8) is 0 Å². The molecule has 2 fully saturated rings. The highest BCUT2D eigenvalue weighted by atomic mass is 16.7. The standard InChI is InChI=1S/C22H38O6/c1-21(25,12-7-15-26-2)13-10-18-11-14-22(16-18)27-17-19(28-22)8-5-3-4-6-9-20(23)24/h10,13,18-19,25H,3-9,11-12,14-17H2,1-2H3,(H,23,24). The van der Waals surface area contributed by atoms with Crippen molar-refractivity contribution < 1.29 is 29.2 Å². The topological polar surface area (TPSA) is 85.2 Å². The summed E-state index contributed by atoms with van der Waals surface area (Å²) in [5.74, 6) is -0.773. The molecule has 162 valence electrons. The van der Waals surface area contributed by atoms with E-state index in [1.807, 2.05) is 13.0 Å². The van der Waals surface area contributed by atoms with Gasteiger partial charge in [-0.1, -0.05) is 31.4 Å². The van der Waals surface area contributed by atoms with Crippen molar-refractivity contribution in [1.29, 1.82) is 0 Å². The first kappa shape index (κ1) is 23.3. The SMILES string of the molecule is COCCCC(C)(O)C=CC1CCC2(C1)OCC(CCCCCCC(=O)O)O2. The molecule has 4 atom stereocenters. The van der Waals surface area contributed by atoms with E-state index in [2.05, 4.69) is 6.08 Å². The number of carboxylic acid groups (broad SMARTS) is 1. The van der Waals surface area contributed by atoms with Crippen LogP contribution in [-0.2, 0) is 19.0 Å². The van der Waals surface area contributed by atoms with Crippen molar-refractivity contribution >= 4 is 5.97 Å². The van der Waals surface area contributed by atoms with Crippen LogP contribution in [0.5, 0.6) is 0 Å². The zero-order chi connectivity index (χ0) is 20.5. The van der Waals surface area contributed by atoms with Gasteiger partial charge in [-0.2, -0.15) is 0 Å². The van der Waals surface area contributed by atoms with Gasteiger partial charge in [0.25, 0.3) is 0 Å². The van der Waals surface area contributed by atoms with Crippen LogP contribution in [0.15, 0.2) is 12.2 Å². The van der Waals surface area contributed by atoms with E-state index in [0.29, 0.717) is 25.6 Å². The smallest absolute Gasteiger partial charge is 0.303 e. The van der Waals surface area contributed by atoms with E-state index >= 15 is 0 Å². The third kappa shape index (κ3) is 8.19. The van der Waals surface area contributed by atoms with E-state index in [4.69, 9.17) is 19.3 Å². The highest BCUT2D eigenvalue weighted by Gasteiger charge is 2.46. The van der Waals surface area contributed by atoms with Crippen LogP contribution in [0.4, 0.5) is 0 Å². The Morgan fingerprint density at radius 3 is 2.82 bits per heavy atom. The minimum atomic E-state index is -0.797. The van der Waals surface area contributed by atoms with Gasteiger partial charge in [0, 0.05) is 33.0 Å². The molecule has 0 bridgehead atoms. The average molecular weight is 399 g/mol. The van der Waals surface area contributed by atoms with Gasteiger partial charge in [-0.05, 0) is 44.9 Å². The molecule has 0 amide bonds. The zero-order valence-electron chi connectivity index (χ0n) is 17.5. The molecule has 6 heteroatoms. The molecule has 0 radical (unpaired) electrons. The largest absolute Gasteiger partial charge is 0.481 e. The molecule has 2 rings (SSSR count). The summed E-state index contributed by atoms with van der Waals surface area (Å²) < 4.78 is 17.4. The van der Waals surface area contributed by atoms with Gasteiger partial charge in [0.15, 0.2) is 5.79 Å². The normalized spacial score (nSPS) is 29.7. The molecule has 2 N–H and O–H groups in total. The minimum Gasteiger partial charge on any atom is -0.481 e. The molecule has 1 saturated carbocycles. The van der Waals surface area contributed by atoms with E-state index in [0.717, 1.165) is 57.8 Å². The number of carbonyl (C=O) groups is 1. The molecule has 1 aliphatic heterocycles. The highest BCUT2D eigenvalue weighted by Crippen LogP contribution is 2.44. The Labute approximate surface area is 169 Å². The molecule has 0 aromatic rings. The van der Waals surface area contributed by atoms with Gasteiger partial charge in [-0.25, -0.2) is 0 Å². The number of ether oxygens (including phenoxy) is 3. The Kier molecular flexibility index (Phi) is 9.41. The Hall–Kier alpha value is -0.950. The van der Waals surface area contributed by atoms with Crippen molar-refractivity contribution in [1.82, 2.24) is 0 Å². The van der Waals surface area contributed by atoms with Crippen LogP contribution < -0.4 is 0 Å². The Balaban J connectivity index is 1.65. The van der Waals surface area contributed by atoms with Gasteiger partial charge in [0.05, 0.1) is 18.3 Å². The van der Waals surface area contributed by atoms with Crippen LogP contribution in [-0.4, -0.2) is 54.0 Å². The number of aliphatic carboxylic acids is 1. The summed E-state index contributed by atoms with van der Waals surface area (Å²) >= 11 is 0. The summed E-state index contributed by atoms with van der Waals surface area (Å²) in [6, 6.07) is 0. The average Bonchev–Trinajstić information content (AvgIpc) is 3.23. The predicted octanol–water partition coefficient (Wildman–Crippen LogP) is 4.06. The van der Waals surface area contributed by atoms with Crippen LogP contribution in [0.2, 0.25) is 0 Å². The fourth-order valence-corrected chi connectivity index (χ4v) is 4.17. The lowest BCUT2D eigenvalue weighted by Gasteiger charge is -2.23. The molecule has 1 saturated heterocycles. The first-order valence-corrected chi connectivity index (χ1v) is 10.8. The second kappa shape index (κ2) is 11.3. The van der Waals surface area contributed by atoms with Crippen molar-refractivity contribution in [2.24, 2.45) is 5.92 Å². The summed E-state index contributed by atoms with van der Waals surface area (Å²) in [5, 5.41) is 19.1. The van der Waals surface area contributed by atoms with Crippen LogP contribution in [0, 0.1) is 5.92 Å². The fraction of sp³-hybridized carbons (Fsp3) is 0.864. The summed E-state index contributed by atoms with van der Waals surface area (Å²) in [7, 11) is 1.68. The highest BCUT2D eigenvalue weighted by molar-refractivity contribution is 5.66. The van der Waals surface area contributed by atoms with E-state index in [1.165, 1.54) is 0 Å². The first-order chi connectivity index (χ1) is 13.3. The molecule has 1 spiro atoms. The Morgan fingerprint density at radius 1 is 1.29 bits per heavy atom. The monoisotopic (exact) mass is 398 g/mol. The molecular formula is C22H38O6. The molecule has 2 aliphatic rings. The Bertz CT molecular complexity index is 503. The van der Waals surface area contributed by atoms with Crippen molar-refractivity contribution in [2.45, 2.75) is 95.0 Å². The molecule has 0 aromatic heterocycles. The van der Waals surface area contributed by atoms with Crippen LogP contribution in [0.25, 0.3) is 0 Å². The number of hydrogen-bond acceptors (Lipinski definition) is 5. The number of hydrogen-bond donors (Lipinski definition) is 2. The predicted molar refractivity (Wildman–Crippen MR) is 107 cm³/mol. The minimum absolute atomic E-state index is 0.152. The van der Waals surface area contributed by atoms with Crippen LogP contribution in [0.1, 0.15) is 77.6 Å². The Morgan fingerprint density at radius 2 is 2.07 bits per heavy atom. The van der Waals surface area contributed by atoms with Gasteiger partial charge in [0.2, 0.25) is 0 Å². The maximum absolute atomic E-state index is 10.5. The summed E-state index contributed by atoms with van der Waals surface area (Å²) in [6.45, 7) is 3.17. The van der Waals surface area contributed by atoms with Crippen LogP contribution in [0.3, 0.4) is 0 Å². The fourth-order valence-electron chi connectivity index (χ4n) is 4.17. The first-order valence-electron chi connectivity index (χ1n) is 10.8. The number of allylic oxidation sites excluding steroid dienone is 1. The lowest BCUT2D eigenvalue weighted by molar-refractivity contribution is -0.163. The molecule has 6 nitrogen and oxygen atoms in total. The second-order valence-electron chi connectivity index (χ2n) is 8.62. The van der Waals surface area contributed by atoms with Crippen molar-refractivity contribution in [3.8, 4) is 0 Å². The lowest BCUT2D eigenvalue weighted by atomic mass is 9.96. The second-order valence-corrected chi connectivity index (χ2v) is 8.62. The number of unbranched alkanes of at least 4 members (excludes halogenated alkanes) is 3. The van der Waals surface area contributed by atoms with E-state index in [-0.39, 0.29) is 12.5 Å². The zero-order valence-corrected chi connectivity index (χ0v) is 17.5. The molecule has 4 unspecified atom stereocenters. The van der Waals surface area contributed by atoms with E-state index in [9.17, 15) is 9.90 Å². The molecule has 1 heterocycles. The maximum atomic E-state index is 10.5. The van der Waals surface area contributed by atoms with Gasteiger partial charge in [0.1, 0.15) is 0 Å². The van der Waals surface area contributed by atoms with Crippen molar-refractivity contribution in [2.75, 3.05) is 20.3 Å². The lowest BCUT2D eigenvalue weighted by Crippen LogP contribution is -2.27. The van der Waals surface area contributed by atoms with Crippen LogP contribution >= 0.6 is 0 Å². The molecule has 1 aliphatic carbocycles. The third-order valence-corrected chi connectivity index (χ3v) is 5.81. The third-order valence-electron chi connectivity index (χ3n) is 5.81. The van der Waals surface area contributed by atoms with Gasteiger partial charge >= 0.3 is 5.97 Å². The summed E-state index contributed by atoms with van der Waals surface area (Å²) in [4.78, 5) is 10.5. The van der Waals surface area contributed by atoms with E-state index < -0.39 is 17.4 Å². The molecular weight excluding hydrogens is 360 g/mol. The van der Waals surface area contributed by atoms with Gasteiger partial charge in [-0.15, -0.1) is 0 Å². The molecule has 28 heavy (non-hydrogen) atoms. The number of methoxy groups -OCH3 is 1. The molecule has 0 aromatic carbocycles. The number of rotatable bonds is 13. The number of carboxylic acids is 1. The maximum Gasteiger partial charge on any atom is 0.303 e. The van der Waals surface area contributed by atoms with Gasteiger partial charge < -0.3 is 24.4 Å². The van der Waals surface area contributed by atoms with Crippen molar-refractivity contribution in [3.05, 3.63) is 12.2 Å². The van der Waals surface area contributed by atoms with E-state index in [1.54, 1.807) is 7.11 Å². The summed E-state index contributed by atoms with van der Waals surface area (Å²) in [5.41, 5.74) is -0.797. The quantitative estimate of drug-likeness (QED) is 0.359.